The molecule has 1 aromatic heterocycles. The Morgan fingerprint density at radius 2 is 2.18 bits per heavy atom. The highest BCUT2D eigenvalue weighted by molar-refractivity contribution is 5.90. The lowest BCUT2D eigenvalue weighted by Gasteiger charge is -2.06. The number of methoxy groups -OCH3 is 1. The Bertz CT molecular complexity index is 477. The van der Waals surface area contributed by atoms with Crippen LogP contribution in [0.3, 0.4) is 0 Å². The molecule has 5 heteroatoms. The quantitative estimate of drug-likeness (QED) is 0.868. The second-order valence-electron chi connectivity index (χ2n) is 3.48. The maximum absolute atomic E-state index is 11.6. The van der Waals surface area contributed by atoms with Crippen molar-refractivity contribution in [3.63, 3.8) is 0 Å². The topological polar surface area (TPSA) is 56.1 Å². The van der Waals surface area contributed by atoms with Gasteiger partial charge in [-0.1, -0.05) is 0 Å². The molecular weight excluding hydrogens is 218 g/mol. The molecular formula is C12H13N3O2. The number of aromatic nitrogens is 2. The molecule has 0 aliphatic carbocycles. The normalized spacial score (nSPS) is 9.94. The van der Waals surface area contributed by atoms with Gasteiger partial charge in [-0.2, -0.15) is 5.10 Å². The maximum Gasteiger partial charge on any atom is 0.246 e. The molecule has 0 saturated heterocycles. The van der Waals surface area contributed by atoms with Gasteiger partial charge in [0.2, 0.25) is 5.91 Å². The molecule has 0 bridgehead atoms. The average Bonchev–Trinajstić information content (AvgIpc) is 2.82. The molecule has 0 spiro atoms. The van der Waals surface area contributed by atoms with Gasteiger partial charge in [0.25, 0.3) is 0 Å². The van der Waals surface area contributed by atoms with Gasteiger partial charge in [0.1, 0.15) is 12.3 Å². The summed E-state index contributed by atoms with van der Waals surface area (Å²) in [5.41, 5.74) is 0.739. The third kappa shape index (κ3) is 3.07. The molecule has 17 heavy (non-hydrogen) atoms. The van der Waals surface area contributed by atoms with Crippen molar-refractivity contribution < 1.29 is 9.53 Å². The molecule has 1 N–H and O–H groups in total. The minimum Gasteiger partial charge on any atom is -0.497 e. The van der Waals surface area contributed by atoms with E-state index in [1.54, 1.807) is 54.5 Å². The van der Waals surface area contributed by atoms with Crippen LogP contribution in [0.2, 0.25) is 0 Å². The Balaban J connectivity index is 1.93. The van der Waals surface area contributed by atoms with Gasteiger partial charge in [-0.3, -0.25) is 9.48 Å². The van der Waals surface area contributed by atoms with E-state index in [2.05, 4.69) is 10.4 Å². The van der Waals surface area contributed by atoms with E-state index in [1.807, 2.05) is 0 Å². The van der Waals surface area contributed by atoms with Gasteiger partial charge in [-0.25, -0.2) is 0 Å². The van der Waals surface area contributed by atoms with Gasteiger partial charge in [-0.15, -0.1) is 0 Å². The molecule has 2 rings (SSSR count). The highest BCUT2D eigenvalue weighted by atomic mass is 16.5. The van der Waals surface area contributed by atoms with Crippen molar-refractivity contribution in [2.45, 2.75) is 6.54 Å². The van der Waals surface area contributed by atoms with Crippen LogP contribution in [0, 0.1) is 0 Å². The highest BCUT2D eigenvalue weighted by Crippen LogP contribution is 2.14. The minimum absolute atomic E-state index is 0.112. The van der Waals surface area contributed by atoms with Gasteiger partial charge in [-0.05, 0) is 30.3 Å². The number of carbonyl (C=O) groups is 1. The fourth-order valence-corrected chi connectivity index (χ4v) is 1.42. The van der Waals surface area contributed by atoms with E-state index in [0.717, 1.165) is 11.4 Å². The first-order chi connectivity index (χ1) is 8.28. The summed E-state index contributed by atoms with van der Waals surface area (Å²) in [5.74, 6) is 0.647. The number of hydrogen-bond donors (Lipinski definition) is 1. The van der Waals surface area contributed by atoms with Crippen molar-refractivity contribution in [1.29, 1.82) is 0 Å². The zero-order chi connectivity index (χ0) is 12.1. The number of ether oxygens (including phenoxy) is 1. The van der Waals surface area contributed by atoms with E-state index in [0.29, 0.717) is 0 Å². The van der Waals surface area contributed by atoms with E-state index in [1.165, 1.54) is 0 Å². The first-order valence-electron chi connectivity index (χ1n) is 5.19. The highest BCUT2D eigenvalue weighted by Gasteiger charge is 2.03. The van der Waals surface area contributed by atoms with Crippen LogP contribution in [-0.4, -0.2) is 22.8 Å². The fourth-order valence-electron chi connectivity index (χ4n) is 1.42. The lowest BCUT2D eigenvalue weighted by atomic mass is 10.3. The average molecular weight is 231 g/mol. The molecule has 88 valence electrons. The molecule has 1 heterocycles. The summed E-state index contributed by atoms with van der Waals surface area (Å²) in [6, 6.07) is 8.95. The van der Waals surface area contributed by atoms with Crippen molar-refractivity contribution in [3.05, 3.63) is 42.7 Å². The monoisotopic (exact) mass is 231 g/mol. The molecule has 0 atom stereocenters. The molecule has 0 unspecified atom stereocenters. The maximum atomic E-state index is 11.6. The van der Waals surface area contributed by atoms with Crippen molar-refractivity contribution in [2.75, 3.05) is 12.4 Å². The second kappa shape index (κ2) is 5.16. The number of rotatable bonds is 4. The summed E-state index contributed by atoms with van der Waals surface area (Å²) in [6.45, 7) is 0.207. The van der Waals surface area contributed by atoms with Gasteiger partial charge >= 0.3 is 0 Å². The number of nitrogens with zero attached hydrogens (tertiary/aromatic N) is 2. The third-order valence-electron chi connectivity index (χ3n) is 2.24. The van der Waals surface area contributed by atoms with Crippen LogP contribution in [-0.2, 0) is 11.3 Å². The Kier molecular flexibility index (Phi) is 3.40. The zero-order valence-corrected chi connectivity index (χ0v) is 9.46. The van der Waals surface area contributed by atoms with Crippen LogP contribution < -0.4 is 10.1 Å². The second-order valence-corrected chi connectivity index (χ2v) is 3.48. The summed E-state index contributed by atoms with van der Waals surface area (Å²) in [4.78, 5) is 11.6. The third-order valence-corrected chi connectivity index (χ3v) is 2.24. The largest absolute Gasteiger partial charge is 0.497 e. The van der Waals surface area contributed by atoms with E-state index >= 15 is 0 Å². The Morgan fingerprint density at radius 3 is 2.76 bits per heavy atom. The van der Waals surface area contributed by atoms with E-state index in [-0.39, 0.29) is 12.5 Å². The molecule has 1 amide bonds. The summed E-state index contributed by atoms with van der Waals surface area (Å²) in [6.07, 6.45) is 3.38. The smallest absolute Gasteiger partial charge is 0.246 e. The van der Waals surface area contributed by atoms with E-state index in [4.69, 9.17) is 4.74 Å². The van der Waals surface area contributed by atoms with Crippen molar-refractivity contribution >= 4 is 11.6 Å². The molecule has 0 fully saturated rings. The predicted molar refractivity (Wildman–Crippen MR) is 63.9 cm³/mol. The Labute approximate surface area is 99.0 Å². The Hall–Kier alpha value is -2.30. The summed E-state index contributed by atoms with van der Waals surface area (Å²) in [7, 11) is 1.60. The van der Waals surface area contributed by atoms with Crippen LogP contribution in [0.15, 0.2) is 42.7 Å². The summed E-state index contributed by atoms with van der Waals surface area (Å²) in [5, 5.41) is 6.74. The zero-order valence-electron chi connectivity index (χ0n) is 9.46. The predicted octanol–water partition coefficient (Wildman–Crippen LogP) is 1.53. The van der Waals surface area contributed by atoms with E-state index < -0.39 is 0 Å². The molecule has 5 nitrogen and oxygen atoms in total. The molecule has 1 aromatic carbocycles. The lowest BCUT2D eigenvalue weighted by Crippen LogP contribution is -2.18. The van der Waals surface area contributed by atoms with Crippen LogP contribution in [0.1, 0.15) is 0 Å². The van der Waals surface area contributed by atoms with Crippen molar-refractivity contribution in [1.82, 2.24) is 9.78 Å². The van der Waals surface area contributed by atoms with Gasteiger partial charge in [0, 0.05) is 18.1 Å². The number of carbonyl (C=O) groups excluding carboxylic acids is 1. The first kappa shape index (κ1) is 11.2. The number of anilines is 1. The van der Waals surface area contributed by atoms with Crippen molar-refractivity contribution in [2.24, 2.45) is 0 Å². The van der Waals surface area contributed by atoms with Gasteiger partial charge < -0.3 is 10.1 Å². The van der Waals surface area contributed by atoms with Gasteiger partial charge in [0.15, 0.2) is 0 Å². The number of benzene rings is 1. The number of amides is 1. The molecule has 0 radical (unpaired) electrons. The van der Waals surface area contributed by atoms with Crippen molar-refractivity contribution in [3.8, 4) is 5.75 Å². The SMILES string of the molecule is COc1ccc(NC(=O)Cn2cccn2)cc1. The van der Waals surface area contributed by atoms with Crippen LogP contribution in [0.5, 0.6) is 5.75 Å². The minimum atomic E-state index is -0.112. The van der Waals surface area contributed by atoms with Gasteiger partial charge in [0.05, 0.1) is 7.11 Å². The number of nitrogens with one attached hydrogen (secondary N) is 1. The fraction of sp³-hybridized carbons (Fsp3) is 0.167. The van der Waals surface area contributed by atoms with Crippen LogP contribution in [0.25, 0.3) is 0 Å². The van der Waals surface area contributed by atoms with Crippen LogP contribution >= 0.6 is 0 Å². The molecule has 0 saturated carbocycles. The molecule has 0 aliphatic rings. The summed E-state index contributed by atoms with van der Waals surface area (Å²) < 4.78 is 6.60. The first-order valence-corrected chi connectivity index (χ1v) is 5.19. The number of hydrogen-bond acceptors (Lipinski definition) is 3. The molecule has 2 aromatic rings. The van der Waals surface area contributed by atoms with E-state index in [9.17, 15) is 4.79 Å². The standard InChI is InChI=1S/C12H13N3O2/c1-17-11-5-3-10(4-6-11)14-12(16)9-15-8-2-7-13-15/h2-8H,9H2,1H3,(H,14,16). The molecule has 0 aliphatic heterocycles. The lowest BCUT2D eigenvalue weighted by molar-refractivity contribution is -0.116. The van der Waals surface area contributed by atoms with Crippen LogP contribution in [0.4, 0.5) is 5.69 Å². The summed E-state index contributed by atoms with van der Waals surface area (Å²) >= 11 is 0. The Morgan fingerprint density at radius 1 is 1.41 bits per heavy atom.